The van der Waals surface area contributed by atoms with Crippen LogP contribution in [-0.4, -0.2) is 16.1 Å². The smallest absolute Gasteiger partial charge is 0.154 e. The molecule has 0 atom stereocenters. The molecule has 0 saturated carbocycles. The van der Waals surface area contributed by atoms with Gasteiger partial charge in [0.1, 0.15) is 22.5 Å². The van der Waals surface area contributed by atoms with Crippen molar-refractivity contribution in [2.75, 3.05) is 0 Å². The molecule has 0 aliphatic heterocycles. The summed E-state index contributed by atoms with van der Waals surface area (Å²) in [6.45, 7) is 0. The molecule has 1 aromatic carbocycles. The van der Waals surface area contributed by atoms with E-state index < -0.39 is 11.6 Å². The van der Waals surface area contributed by atoms with Crippen molar-refractivity contribution < 1.29 is 13.6 Å². The van der Waals surface area contributed by atoms with Crippen LogP contribution in [-0.2, 0) is 0 Å². The Hall–Kier alpha value is -1.75. The molecule has 0 unspecified atom stereocenters. The molecule has 2 rings (SSSR count). The van der Waals surface area contributed by atoms with Gasteiger partial charge in [0.05, 0.1) is 11.8 Å². The lowest BCUT2D eigenvalue weighted by atomic mass is 10.3. The van der Waals surface area contributed by atoms with Gasteiger partial charge in [-0.15, -0.1) is 0 Å². The van der Waals surface area contributed by atoms with Crippen molar-refractivity contribution >= 4 is 17.9 Å². The third-order valence-corrected chi connectivity index (χ3v) is 2.38. The molecule has 0 aliphatic rings. The van der Waals surface area contributed by atoms with E-state index in [9.17, 15) is 13.6 Å². The highest BCUT2D eigenvalue weighted by atomic mass is 35.5. The van der Waals surface area contributed by atoms with Crippen LogP contribution in [0.4, 0.5) is 8.78 Å². The Kier molecular flexibility index (Phi) is 2.70. The summed E-state index contributed by atoms with van der Waals surface area (Å²) >= 11 is 5.76. The molecule has 0 N–H and O–H groups in total. The number of rotatable bonds is 2. The van der Waals surface area contributed by atoms with E-state index in [2.05, 4.69) is 5.10 Å². The zero-order valence-electron chi connectivity index (χ0n) is 7.82. The lowest BCUT2D eigenvalue weighted by Gasteiger charge is -2.04. The third-order valence-electron chi connectivity index (χ3n) is 2.00. The lowest BCUT2D eigenvalue weighted by molar-refractivity contribution is 0.112. The number of carbonyl (C=O) groups excluding carboxylic acids is 1. The van der Waals surface area contributed by atoms with Gasteiger partial charge in [-0.25, -0.2) is 13.5 Å². The first-order valence-corrected chi connectivity index (χ1v) is 4.65. The van der Waals surface area contributed by atoms with E-state index in [0.29, 0.717) is 6.29 Å². The van der Waals surface area contributed by atoms with Gasteiger partial charge >= 0.3 is 0 Å². The van der Waals surface area contributed by atoms with Gasteiger partial charge in [0.15, 0.2) is 6.29 Å². The van der Waals surface area contributed by atoms with E-state index in [1.54, 1.807) is 0 Å². The van der Waals surface area contributed by atoms with Gasteiger partial charge < -0.3 is 0 Å². The van der Waals surface area contributed by atoms with Crippen LogP contribution >= 0.6 is 11.6 Å². The van der Waals surface area contributed by atoms with Crippen molar-refractivity contribution in [1.29, 1.82) is 0 Å². The van der Waals surface area contributed by atoms with Gasteiger partial charge in [0.2, 0.25) is 0 Å². The lowest BCUT2D eigenvalue weighted by Crippen LogP contribution is -2.00. The Labute approximate surface area is 94.3 Å². The molecule has 82 valence electrons. The molecule has 0 fully saturated rings. The summed E-state index contributed by atoms with van der Waals surface area (Å²) < 4.78 is 27.3. The standard InChI is InChI=1S/C10H5ClF2N2O/c11-10-6(5-16)4-14-15(10)9-3-7(12)1-2-8(9)13/h1-5H. The van der Waals surface area contributed by atoms with Crippen molar-refractivity contribution in [3.63, 3.8) is 0 Å². The Morgan fingerprint density at radius 3 is 2.75 bits per heavy atom. The summed E-state index contributed by atoms with van der Waals surface area (Å²) in [5.41, 5.74) is -0.0246. The number of hydrogen-bond acceptors (Lipinski definition) is 2. The van der Waals surface area contributed by atoms with Crippen LogP contribution in [0.1, 0.15) is 10.4 Å². The molecule has 0 saturated heterocycles. The van der Waals surface area contributed by atoms with E-state index in [1.807, 2.05) is 0 Å². The third kappa shape index (κ3) is 1.69. The summed E-state index contributed by atoms with van der Waals surface area (Å²) in [5.74, 6) is -1.29. The monoisotopic (exact) mass is 242 g/mol. The highest BCUT2D eigenvalue weighted by Gasteiger charge is 2.13. The highest BCUT2D eigenvalue weighted by molar-refractivity contribution is 6.32. The number of halogens is 3. The molecule has 6 heteroatoms. The van der Waals surface area contributed by atoms with Gasteiger partial charge in [-0.05, 0) is 12.1 Å². The van der Waals surface area contributed by atoms with Crippen LogP contribution < -0.4 is 0 Å². The number of aromatic nitrogens is 2. The molecular weight excluding hydrogens is 238 g/mol. The van der Waals surface area contributed by atoms with Crippen LogP contribution in [0.25, 0.3) is 5.69 Å². The van der Waals surface area contributed by atoms with E-state index in [0.717, 1.165) is 22.9 Å². The summed E-state index contributed by atoms with van der Waals surface area (Å²) in [6.07, 6.45) is 1.67. The zero-order chi connectivity index (χ0) is 11.7. The molecule has 2 aromatic rings. The number of carbonyl (C=O) groups is 1. The second-order valence-electron chi connectivity index (χ2n) is 3.02. The topological polar surface area (TPSA) is 34.9 Å². The SMILES string of the molecule is O=Cc1cnn(-c2cc(F)ccc2F)c1Cl. The molecule has 16 heavy (non-hydrogen) atoms. The molecule has 0 spiro atoms. The number of benzene rings is 1. The average molecular weight is 243 g/mol. The Morgan fingerprint density at radius 1 is 1.38 bits per heavy atom. The molecule has 0 bridgehead atoms. The van der Waals surface area contributed by atoms with Gasteiger partial charge in [-0.2, -0.15) is 5.10 Å². The second-order valence-corrected chi connectivity index (χ2v) is 3.37. The van der Waals surface area contributed by atoms with E-state index >= 15 is 0 Å². The maximum atomic E-state index is 13.4. The fourth-order valence-electron chi connectivity index (χ4n) is 1.24. The van der Waals surface area contributed by atoms with E-state index in [4.69, 9.17) is 11.6 Å². The Morgan fingerprint density at radius 2 is 2.12 bits per heavy atom. The highest BCUT2D eigenvalue weighted by Crippen LogP contribution is 2.21. The van der Waals surface area contributed by atoms with Crippen LogP contribution in [0, 0.1) is 11.6 Å². The number of hydrogen-bond donors (Lipinski definition) is 0. The van der Waals surface area contributed by atoms with Crippen molar-refractivity contribution in [1.82, 2.24) is 9.78 Å². The van der Waals surface area contributed by atoms with Crippen LogP contribution in [0.3, 0.4) is 0 Å². The first-order valence-electron chi connectivity index (χ1n) is 4.27. The summed E-state index contributed by atoms with van der Waals surface area (Å²) in [5, 5.41) is 3.65. The molecule has 1 aromatic heterocycles. The number of nitrogens with zero attached hydrogens (tertiary/aromatic N) is 2. The van der Waals surface area contributed by atoms with Crippen LogP contribution in [0.15, 0.2) is 24.4 Å². The van der Waals surface area contributed by atoms with E-state index in [-0.39, 0.29) is 16.4 Å². The molecule has 3 nitrogen and oxygen atoms in total. The predicted octanol–water partition coefficient (Wildman–Crippen LogP) is 2.62. The molecule has 0 amide bonds. The fraction of sp³-hybridized carbons (Fsp3) is 0. The normalized spacial score (nSPS) is 10.4. The number of aldehydes is 1. The molecule has 1 heterocycles. The summed E-state index contributed by atoms with van der Waals surface area (Å²) in [4.78, 5) is 10.5. The minimum absolute atomic E-state index is 0.0560. The summed E-state index contributed by atoms with van der Waals surface area (Å²) in [7, 11) is 0. The van der Waals surface area contributed by atoms with Crippen molar-refractivity contribution in [3.05, 3.63) is 46.7 Å². The summed E-state index contributed by atoms with van der Waals surface area (Å²) in [6, 6.07) is 2.89. The van der Waals surface area contributed by atoms with Crippen LogP contribution in [0.5, 0.6) is 0 Å². The molecule has 0 radical (unpaired) electrons. The molecule has 0 aliphatic carbocycles. The predicted molar refractivity (Wildman–Crippen MR) is 53.9 cm³/mol. The quantitative estimate of drug-likeness (QED) is 0.759. The minimum atomic E-state index is -0.677. The minimum Gasteiger partial charge on any atom is -0.298 e. The van der Waals surface area contributed by atoms with Crippen molar-refractivity contribution in [3.8, 4) is 5.69 Å². The van der Waals surface area contributed by atoms with Gasteiger partial charge in [0.25, 0.3) is 0 Å². The average Bonchev–Trinajstić information content (AvgIpc) is 2.63. The second kappa shape index (κ2) is 4.02. The zero-order valence-corrected chi connectivity index (χ0v) is 8.58. The van der Waals surface area contributed by atoms with E-state index in [1.165, 1.54) is 6.20 Å². The van der Waals surface area contributed by atoms with Crippen molar-refractivity contribution in [2.24, 2.45) is 0 Å². The first-order chi connectivity index (χ1) is 7.63. The van der Waals surface area contributed by atoms with Crippen molar-refractivity contribution in [2.45, 2.75) is 0 Å². The van der Waals surface area contributed by atoms with Gasteiger partial charge in [0, 0.05) is 6.07 Å². The molecular formula is C10H5ClF2N2O. The maximum absolute atomic E-state index is 13.4. The Balaban J connectivity index is 2.62. The van der Waals surface area contributed by atoms with Crippen LogP contribution in [0.2, 0.25) is 5.15 Å². The van der Waals surface area contributed by atoms with Gasteiger partial charge in [-0.3, -0.25) is 4.79 Å². The largest absolute Gasteiger partial charge is 0.298 e. The van der Waals surface area contributed by atoms with Gasteiger partial charge in [-0.1, -0.05) is 11.6 Å². The maximum Gasteiger partial charge on any atom is 0.154 e. The Bertz CT molecular complexity index is 554. The fourth-order valence-corrected chi connectivity index (χ4v) is 1.47. The first kappa shape index (κ1) is 10.8.